The monoisotopic (exact) mass is 140 g/mol. The third-order valence-corrected chi connectivity index (χ3v) is 0.793. The second-order valence-corrected chi connectivity index (χ2v) is 1.34. The summed E-state index contributed by atoms with van der Waals surface area (Å²) in [6.07, 6.45) is 2.66. The highest BCUT2D eigenvalue weighted by molar-refractivity contribution is 5.73. The van der Waals surface area contributed by atoms with Crippen LogP contribution in [0.2, 0.25) is 0 Å². The Balaban J connectivity index is 0. The highest BCUT2D eigenvalue weighted by Crippen LogP contribution is 1.96. The molecule has 0 aliphatic heterocycles. The molecule has 0 aromatic rings. The summed E-state index contributed by atoms with van der Waals surface area (Å²) >= 11 is 0. The fourth-order valence-electron chi connectivity index (χ4n) is 0.298. The zero-order chi connectivity index (χ0) is 8.57. The van der Waals surface area contributed by atoms with Crippen LogP contribution in [0.25, 0.3) is 0 Å². The Bertz CT molecular complexity index is 119. The van der Waals surface area contributed by atoms with Crippen molar-refractivity contribution in [3.63, 3.8) is 0 Å². The third kappa shape index (κ3) is 4.84. The maximum Gasteiger partial charge on any atom is 0.314 e. The minimum Gasteiger partial charge on any atom is -0.481 e. The van der Waals surface area contributed by atoms with Crippen molar-refractivity contribution in [2.24, 2.45) is 5.92 Å². The first kappa shape index (κ1) is 11.5. The van der Waals surface area contributed by atoms with E-state index in [0.29, 0.717) is 0 Å². The van der Waals surface area contributed by atoms with E-state index in [9.17, 15) is 4.79 Å². The number of hydrogen-bond acceptors (Lipinski definition) is 1. The number of carboxylic acids is 1. The summed E-state index contributed by atoms with van der Waals surface area (Å²) in [5.74, 6) is -1.51. The molecule has 10 heavy (non-hydrogen) atoms. The fraction of sp³-hybridized carbons (Fsp3) is 0.125. The molecule has 0 radical (unpaired) electrons. The first-order valence-corrected chi connectivity index (χ1v) is 2.70. The van der Waals surface area contributed by atoms with Crippen LogP contribution in [0.15, 0.2) is 38.5 Å². The summed E-state index contributed by atoms with van der Waals surface area (Å²) in [4.78, 5) is 10.0. The second-order valence-electron chi connectivity index (χ2n) is 1.34. The van der Waals surface area contributed by atoms with E-state index in [4.69, 9.17) is 5.11 Å². The summed E-state index contributed by atoms with van der Waals surface area (Å²) in [5, 5.41) is 8.23. The highest BCUT2D eigenvalue weighted by Gasteiger charge is 2.05. The van der Waals surface area contributed by atoms with E-state index in [1.165, 1.54) is 12.2 Å². The van der Waals surface area contributed by atoms with Crippen LogP contribution in [0.1, 0.15) is 0 Å². The Hall–Kier alpha value is -1.31. The predicted octanol–water partition coefficient (Wildman–Crippen LogP) is 1.86. The molecule has 0 bridgehead atoms. The molecule has 1 N–H and O–H groups in total. The van der Waals surface area contributed by atoms with Gasteiger partial charge in [0, 0.05) is 0 Å². The molecule has 0 aromatic heterocycles. The molecule has 0 heterocycles. The molecule has 2 nitrogen and oxygen atoms in total. The Labute approximate surface area is 61.2 Å². The average Bonchev–Trinajstić information content (AvgIpc) is 1.94. The van der Waals surface area contributed by atoms with Crippen LogP contribution in [0.5, 0.6) is 0 Å². The summed E-state index contributed by atoms with van der Waals surface area (Å²) in [5.41, 5.74) is 0. The van der Waals surface area contributed by atoms with Crippen molar-refractivity contribution in [2.45, 2.75) is 0 Å². The first-order chi connectivity index (χ1) is 4.72. The van der Waals surface area contributed by atoms with Gasteiger partial charge in [-0.3, -0.25) is 4.79 Å². The molecule has 0 amide bonds. The summed E-state index contributed by atoms with van der Waals surface area (Å²) in [6.45, 7) is 12.6. The molecular formula is C8H12O2. The fourth-order valence-corrected chi connectivity index (χ4v) is 0.298. The van der Waals surface area contributed by atoms with Crippen molar-refractivity contribution in [3.8, 4) is 0 Å². The van der Waals surface area contributed by atoms with E-state index in [1.54, 1.807) is 0 Å². The standard InChI is InChI=1S/C6H8O2.C2H4/c1-3-5(4-2)6(7)8;1-2/h3-5H,1-2H2,(H,7,8);1-2H2. The topological polar surface area (TPSA) is 37.3 Å². The number of carboxylic acid groups (broad SMARTS) is 1. The number of rotatable bonds is 3. The molecule has 0 saturated carbocycles. The van der Waals surface area contributed by atoms with Gasteiger partial charge in [0.05, 0.1) is 5.92 Å². The minimum absolute atomic E-state index is 0.602. The van der Waals surface area contributed by atoms with Crippen molar-refractivity contribution in [2.75, 3.05) is 0 Å². The number of carbonyl (C=O) groups is 1. The summed E-state index contributed by atoms with van der Waals surface area (Å²) in [7, 11) is 0. The van der Waals surface area contributed by atoms with Crippen LogP contribution in [-0.4, -0.2) is 11.1 Å². The van der Waals surface area contributed by atoms with Gasteiger partial charge in [-0.1, -0.05) is 12.2 Å². The lowest BCUT2D eigenvalue weighted by atomic mass is 10.1. The Morgan fingerprint density at radius 2 is 1.60 bits per heavy atom. The molecule has 0 fully saturated rings. The van der Waals surface area contributed by atoms with Crippen LogP contribution in [0.3, 0.4) is 0 Å². The van der Waals surface area contributed by atoms with Crippen molar-refractivity contribution in [1.82, 2.24) is 0 Å². The smallest absolute Gasteiger partial charge is 0.314 e. The van der Waals surface area contributed by atoms with Gasteiger partial charge in [-0.2, -0.15) is 0 Å². The molecule has 0 aromatic carbocycles. The molecule has 0 spiro atoms. The molecule has 0 saturated heterocycles. The van der Waals surface area contributed by atoms with E-state index in [-0.39, 0.29) is 0 Å². The van der Waals surface area contributed by atoms with Gasteiger partial charge in [0.25, 0.3) is 0 Å². The van der Waals surface area contributed by atoms with Crippen molar-refractivity contribution in [1.29, 1.82) is 0 Å². The van der Waals surface area contributed by atoms with Gasteiger partial charge in [-0.25, -0.2) is 0 Å². The normalized spacial score (nSPS) is 7.30. The zero-order valence-corrected chi connectivity index (χ0v) is 5.92. The molecule has 0 unspecified atom stereocenters. The van der Waals surface area contributed by atoms with Gasteiger partial charge < -0.3 is 5.11 Å². The zero-order valence-electron chi connectivity index (χ0n) is 5.92. The van der Waals surface area contributed by atoms with E-state index >= 15 is 0 Å². The van der Waals surface area contributed by atoms with Crippen LogP contribution >= 0.6 is 0 Å². The summed E-state index contributed by atoms with van der Waals surface area (Å²) in [6, 6.07) is 0. The van der Waals surface area contributed by atoms with Gasteiger partial charge in [0.2, 0.25) is 0 Å². The van der Waals surface area contributed by atoms with Crippen LogP contribution in [0, 0.1) is 5.92 Å². The van der Waals surface area contributed by atoms with Crippen molar-refractivity contribution < 1.29 is 9.90 Å². The Morgan fingerprint density at radius 1 is 1.30 bits per heavy atom. The average molecular weight is 140 g/mol. The molecule has 0 aliphatic carbocycles. The van der Waals surface area contributed by atoms with Crippen LogP contribution in [-0.2, 0) is 4.79 Å². The molecule has 0 aliphatic rings. The summed E-state index contributed by atoms with van der Waals surface area (Å²) < 4.78 is 0. The Morgan fingerprint density at radius 3 is 1.60 bits per heavy atom. The van der Waals surface area contributed by atoms with E-state index in [0.717, 1.165) is 0 Å². The maximum atomic E-state index is 10.0. The lowest BCUT2D eigenvalue weighted by Gasteiger charge is -1.94. The van der Waals surface area contributed by atoms with E-state index in [2.05, 4.69) is 26.3 Å². The van der Waals surface area contributed by atoms with Gasteiger partial charge >= 0.3 is 5.97 Å². The lowest BCUT2D eigenvalue weighted by Crippen LogP contribution is -2.06. The van der Waals surface area contributed by atoms with Crippen LogP contribution in [0.4, 0.5) is 0 Å². The Kier molecular flexibility index (Phi) is 8.83. The SMILES string of the molecule is C=C.C=CC(C=C)C(=O)O. The first-order valence-electron chi connectivity index (χ1n) is 2.70. The van der Waals surface area contributed by atoms with Gasteiger partial charge in [0.1, 0.15) is 0 Å². The third-order valence-electron chi connectivity index (χ3n) is 0.793. The van der Waals surface area contributed by atoms with Crippen molar-refractivity contribution >= 4 is 5.97 Å². The number of aliphatic carboxylic acids is 1. The second kappa shape index (κ2) is 7.69. The van der Waals surface area contributed by atoms with Crippen molar-refractivity contribution in [3.05, 3.63) is 38.5 Å². The van der Waals surface area contributed by atoms with Gasteiger partial charge in [-0.05, 0) is 0 Å². The molecular weight excluding hydrogens is 128 g/mol. The number of hydrogen-bond donors (Lipinski definition) is 1. The lowest BCUT2D eigenvalue weighted by molar-refractivity contribution is -0.138. The quantitative estimate of drug-likeness (QED) is 0.607. The molecule has 56 valence electrons. The van der Waals surface area contributed by atoms with Gasteiger partial charge in [-0.15, -0.1) is 26.3 Å². The van der Waals surface area contributed by atoms with E-state index < -0.39 is 11.9 Å². The maximum absolute atomic E-state index is 10.0. The highest BCUT2D eigenvalue weighted by atomic mass is 16.4. The van der Waals surface area contributed by atoms with E-state index in [1.807, 2.05) is 0 Å². The van der Waals surface area contributed by atoms with Crippen LogP contribution < -0.4 is 0 Å². The van der Waals surface area contributed by atoms with Gasteiger partial charge in [0.15, 0.2) is 0 Å². The minimum atomic E-state index is -0.907. The largest absolute Gasteiger partial charge is 0.481 e. The molecule has 0 atom stereocenters. The molecule has 2 heteroatoms. The molecule has 0 rings (SSSR count). The predicted molar refractivity (Wildman–Crippen MR) is 42.8 cm³/mol.